The summed E-state index contributed by atoms with van der Waals surface area (Å²) in [5.74, 6) is 0. The van der Waals surface area contributed by atoms with Crippen LogP contribution < -0.4 is 5.32 Å². The minimum Gasteiger partial charge on any atom is -0.377 e. The van der Waals surface area contributed by atoms with Crippen molar-refractivity contribution in [3.63, 3.8) is 0 Å². The Labute approximate surface area is 85.8 Å². The van der Waals surface area contributed by atoms with Gasteiger partial charge in [-0.15, -0.1) is 0 Å². The van der Waals surface area contributed by atoms with Gasteiger partial charge in [-0.1, -0.05) is 6.92 Å². The fourth-order valence-corrected chi connectivity index (χ4v) is 2.97. The lowest BCUT2D eigenvalue weighted by Gasteiger charge is -2.23. The number of hydrogen-bond acceptors (Lipinski definition) is 3. The molecule has 1 aliphatic heterocycles. The number of nitrogens with one attached hydrogen (secondary N) is 1. The Hall–Kier alpha value is 0.270. The second-order valence-electron chi connectivity index (χ2n) is 3.82. The summed E-state index contributed by atoms with van der Waals surface area (Å²) in [6.45, 7) is 7.65. The Morgan fingerprint density at radius 1 is 1.46 bits per heavy atom. The molecular weight excluding hydrogens is 182 g/mol. The Morgan fingerprint density at radius 3 is 2.62 bits per heavy atom. The van der Waals surface area contributed by atoms with Crippen LogP contribution in [-0.2, 0) is 4.74 Å². The molecule has 3 heteroatoms. The van der Waals surface area contributed by atoms with Crippen molar-refractivity contribution in [2.75, 3.05) is 13.7 Å². The van der Waals surface area contributed by atoms with Crippen molar-refractivity contribution in [1.82, 2.24) is 5.32 Å². The fraction of sp³-hybridized carbons (Fsp3) is 1.00. The SMILES string of the molecule is CNC(C)C(C)SC1CCOC1C. The second kappa shape index (κ2) is 5.23. The smallest absolute Gasteiger partial charge is 0.0666 e. The highest BCUT2D eigenvalue weighted by Gasteiger charge is 2.27. The van der Waals surface area contributed by atoms with Crippen LogP contribution in [0.5, 0.6) is 0 Å². The Morgan fingerprint density at radius 2 is 2.15 bits per heavy atom. The third-order valence-corrected chi connectivity index (χ3v) is 4.66. The van der Waals surface area contributed by atoms with Gasteiger partial charge in [0.05, 0.1) is 6.10 Å². The van der Waals surface area contributed by atoms with Crippen LogP contribution in [0.4, 0.5) is 0 Å². The van der Waals surface area contributed by atoms with Gasteiger partial charge in [0.25, 0.3) is 0 Å². The van der Waals surface area contributed by atoms with Gasteiger partial charge >= 0.3 is 0 Å². The molecule has 0 saturated carbocycles. The molecule has 0 bridgehead atoms. The average molecular weight is 203 g/mol. The predicted octanol–water partition coefficient (Wildman–Crippen LogP) is 1.89. The van der Waals surface area contributed by atoms with E-state index in [1.807, 2.05) is 7.05 Å². The first kappa shape index (κ1) is 11.3. The molecule has 1 N–H and O–H groups in total. The van der Waals surface area contributed by atoms with E-state index in [1.165, 1.54) is 6.42 Å². The molecule has 78 valence electrons. The predicted molar refractivity (Wildman–Crippen MR) is 59.4 cm³/mol. The highest BCUT2D eigenvalue weighted by atomic mass is 32.2. The monoisotopic (exact) mass is 203 g/mol. The molecule has 1 saturated heterocycles. The quantitative estimate of drug-likeness (QED) is 0.754. The molecule has 0 amide bonds. The van der Waals surface area contributed by atoms with E-state index in [0.29, 0.717) is 22.6 Å². The maximum Gasteiger partial charge on any atom is 0.0666 e. The summed E-state index contributed by atoms with van der Waals surface area (Å²) in [6, 6.07) is 0.581. The van der Waals surface area contributed by atoms with Crippen molar-refractivity contribution >= 4 is 11.8 Å². The third-order valence-electron chi connectivity index (χ3n) is 2.86. The molecule has 1 fully saturated rings. The Kier molecular flexibility index (Phi) is 4.56. The van der Waals surface area contributed by atoms with Crippen molar-refractivity contribution in [3.8, 4) is 0 Å². The van der Waals surface area contributed by atoms with E-state index >= 15 is 0 Å². The summed E-state index contributed by atoms with van der Waals surface area (Å²) in [4.78, 5) is 0. The zero-order chi connectivity index (χ0) is 9.84. The van der Waals surface area contributed by atoms with E-state index in [4.69, 9.17) is 4.74 Å². The molecule has 0 aromatic heterocycles. The van der Waals surface area contributed by atoms with Crippen molar-refractivity contribution < 1.29 is 4.74 Å². The lowest BCUT2D eigenvalue weighted by Crippen LogP contribution is -2.32. The van der Waals surface area contributed by atoms with E-state index in [-0.39, 0.29) is 0 Å². The van der Waals surface area contributed by atoms with Crippen molar-refractivity contribution in [3.05, 3.63) is 0 Å². The molecule has 1 rings (SSSR count). The number of ether oxygens (including phenoxy) is 1. The third kappa shape index (κ3) is 3.15. The average Bonchev–Trinajstić information content (AvgIpc) is 2.50. The molecule has 4 unspecified atom stereocenters. The lowest BCUT2D eigenvalue weighted by molar-refractivity contribution is 0.127. The van der Waals surface area contributed by atoms with Gasteiger partial charge < -0.3 is 10.1 Å². The van der Waals surface area contributed by atoms with E-state index in [1.54, 1.807) is 0 Å². The fourth-order valence-electron chi connectivity index (χ4n) is 1.52. The van der Waals surface area contributed by atoms with Gasteiger partial charge in [0.15, 0.2) is 0 Å². The number of thioether (sulfide) groups is 1. The Balaban J connectivity index is 2.30. The largest absolute Gasteiger partial charge is 0.377 e. The topological polar surface area (TPSA) is 21.3 Å². The van der Waals surface area contributed by atoms with Crippen LogP contribution >= 0.6 is 11.8 Å². The molecule has 1 aliphatic rings. The van der Waals surface area contributed by atoms with Crippen molar-refractivity contribution in [2.24, 2.45) is 0 Å². The second-order valence-corrected chi connectivity index (χ2v) is 5.44. The first-order valence-electron chi connectivity index (χ1n) is 5.09. The summed E-state index contributed by atoms with van der Waals surface area (Å²) < 4.78 is 5.54. The molecular formula is C10H21NOS. The molecule has 0 aliphatic carbocycles. The molecule has 0 aromatic rings. The van der Waals surface area contributed by atoms with Gasteiger partial charge in [0.2, 0.25) is 0 Å². The van der Waals surface area contributed by atoms with Crippen LogP contribution in [0, 0.1) is 0 Å². The maximum absolute atomic E-state index is 5.54. The Bertz CT molecular complexity index is 154. The standard InChI is InChI=1S/C10H21NOS/c1-7(11-4)9(3)13-10-5-6-12-8(10)2/h7-11H,5-6H2,1-4H3. The minimum atomic E-state index is 0.441. The summed E-state index contributed by atoms with van der Waals surface area (Å²) in [7, 11) is 2.02. The zero-order valence-electron chi connectivity index (χ0n) is 9.04. The van der Waals surface area contributed by atoms with Crippen LogP contribution in [0.25, 0.3) is 0 Å². The van der Waals surface area contributed by atoms with Gasteiger partial charge in [-0.2, -0.15) is 11.8 Å². The van der Waals surface area contributed by atoms with Gasteiger partial charge in [0.1, 0.15) is 0 Å². The van der Waals surface area contributed by atoms with E-state index < -0.39 is 0 Å². The van der Waals surface area contributed by atoms with Crippen LogP contribution in [0.2, 0.25) is 0 Å². The molecule has 13 heavy (non-hydrogen) atoms. The molecule has 1 heterocycles. The van der Waals surface area contributed by atoms with Crippen LogP contribution in [0.3, 0.4) is 0 Å². The zero-order valence-corrected chi connectivity index (χ0v) is 9.86. The number of rotatable bonds is 4. The molecule has 0 radical (unpaired) electrons. The lowest BCUT2D eigenvalue weighted by atomic mass is 10.2. The first-order chi connectivity index (χ1) is 6.15. The van der Waals surface area contributed by atoms with Crippen LogP contribution in [-0.4, -0.2) is 36.3 Å². The maximum atomic E-state index is 5.54. The van der Waals surface area contributed by atoms with E-state index in [0.717, 1.165) is 6.61 Å². The van der Waals surface area contributed by atoms with Crippen molar-refractivity contribution in [2.45, 2.75) is 49.8 Å². The minimum absolute atomic E-state index is 0.441. The first-order valence-corrected chi connectivity index (χ1v) is 6.03. The highest BCUT2D eigenvalue weighted by molar-refractivity contribution is 8.00. The summed E-state index contributed by atoms with van der Waals surface area (Å²) in [6.07, 6.45) is 1.66. The van der Waals surface area contributed by atoms with E-state index in [9.17, 15) is 0 Å². The molecule has 0 spiro atoms. The molecule has 2 nitrogen and oxygen atoms in total. The summed E-state index contributed by atoms with van der Waals surface area (Å²) >= 11 is 2.06. The van der Waals surface area contributed by atoms with Gasteiger partial charge in [0, 0.05) is 23.1 Å². The normalized spacial score (nSPS) is 33.2. The van der Waals surface area contributed by atoms with Gasteiger partial charge in [-0.25, -0.2) is 0 Å². The van der Waals surface area contributed by atoms with Gasteiger partial charge in [-0.05, 0) is 27.3 Å². The van der Waals surface area contributed by atoms with E-state index in [2.05, 4.69) is 37.8 Å². The summed E-state index contributed by atoms with van der Waals surface area (Å²) in [5, 5.41) is 4.66. The number of hydrogen-bond donors (Lipinski definition) is 1. The molecule has 0 aromatic carbocycles. The molecule has 4 atom stereocenters. The van der Waals surface area contributed by atoms with Crippen LogP contribution in [0.15, 0.2) is 0 Å². The summed E-state index contributed by atoms with van der Waals surface area (Å²) in [5.41, 5.74) is 0. The van der Waals surface area contributed by atoms with Crippen LogP contribution in [0.1, 0.15) is 27.2 Å². The van der Waals surface area contributed by atoms with Gasteiger partial charge in [-0.3, -0.25) is 0 Å². The van der Waals surface area contributed by atoms with Crippen molar-refractivity contribution in [1.29, 1.82) is 0 Å². The highest BCUT2D eigenvalue weighted by Crippen LogP contribution is 2.30.